The van der Waals surface area contributed by atoms with Crippen molar-refractivity contribution >= 4 is 23.0 Å². The van der Waals surface area contributed by atoms with E-state index in [1.54, 1.807) is 0 Å². The Kier molecular flexibility index (Phi) is 4.49. The summed E-state index contributed by atoms with van der Waals surface area (Å²) in [5.41, 5.74) is 3.47. The van der Waals surface area contributed by atoms with E-state index in [-0.39, 0.29) is 6.04 Å². The van der Waals surface area contributed by atoms with E-state index in [0.29, 0.717) is 5.11 Å². The SMILES string of the molecule is CCNC(=S)N1N=C(c2ccccc2)CC1c1ccccc1. The molecule has 0 fully saturated rings. The van der Waals surface area contributed by atoms with Gasteiger partial charge in [-0.3, -0.25) is 0 Å². The molecule has 0 aromatic heterocycles. The fraction of sp³-hybridized carbons (Fsp3) is 0.222. The van der Waals surface area contributed by atoms with Crippen molar-refractivity contribution in [3.63, 3.8) is 0 Å². The van der Waals surface area contributed by atoms with Crippen molar-refractivity contribution in [2.24, 2.45) is 5.10 Å². The van der Waals surface area contributed by atoms with Gasteiger partial charge in [-0.05, 0) is 30.3 Å². The minimum Gasteiger partial charge on any atom is -0.361 e. The van der Waals surface area contributed by atoms with Crippen LogP contribution in [0.1, 0.15) is 30.5 Å². The van der Waals surface area contributed by atoms with E-state index in [0.717, 1.165) is 24.2 Å². The predicted octanol–water partition coefficient (Wildman–Crippen LogP) is 3.73. The summed E-state index contributed by atoms with van der Waals surface area (Å²) in [5.74, 6) is 0. The van der Waals surface area contributed by atoms with Crippen LogP contribution in [0.5, 0.6) is 0 Å². The Bertz CT molecular complexity index is 667. The second-order valence-electron chi connectivity index (χ2n) is 5.22. The van der Waals surface area contributed by atoms with Gasteiger partial charge < -0.3 is 5.32 Å². The highest BCUT2D eigenvalue weighted by Crippen LogP contribution is 2.32. The van der Waals surface area contributed by atoms with E-state index in [4.69, 9.17) is 17.3 Å². The van der Waals surface area contributed by atoms with Gasteiger partial charge in [-0.2, -0.15) is 5.10 Å². The highest BCUT2D eigenvalue weighted by molar-refractivity contribution is 7.80. The van der Waals surface area contributed by atoms with Crippen LogP contribution >= 0.6 is 12.2 Å². The molecule has 4 heteroatoms. The zero-order chi connectivity index (χ0) is 15.4. The Morgan fingerprint density at radius 3 is 2.41 bits per heavy atom. The molecule has 3 rings (SSSR count). The molecule has 0 amide bonds. The van der Waals surface area contributed by atoms with Crippen LogP contribution in [0.2, 0.25) is 0 Å². The van der Waals surface area contributed by atoms with Gasteiger partial charge in [0.15, 0.2) is 5.11 Å². The van der Waals surface area contributed by atoms with Gasteiger partial charge in [0.1, 0.15) is 0 Å². The lowest BCUT2D eigenvalue weighted by molar-refractivity contribution is 0.365. The third-order valence-electron chi connectivity index (χ3n) is 3.74. The largest absolute Gasteiger partial charge is 0.361 e. The molecule has 2 aromatic rings. The number of hydrogen-bond acceptors (Lipinski definition) is 2. The van der Waals surface area contributed by atoms with Crippen LogP contribution in [0.25, 0.3) is 0 Å². The van der Waals surface area contributed by atoms with Crippen LogP contribution in [0.3, 0.4) is 0 Å². The molecule has 2 aromatic carbocycles. The lowest BCUT2D eigenvalue weighted by Crippen LogP contribution is -2.36. The van der Waals surface area contributed by atoms with Crippen LogP contribution in [0, 0.1) is 0 Å². The number of nitrogens with zero attached hydrogens (tertiary/aromatic N) is 2. The van der Waals surface area contributed by atoms with Crippen LogP contribution < -0.4 is 5.32 Å². The van der Waals surface area contributed by atoms with Gasteiger partial charge in [-0.25, -0.2) is 5.01 Å². The Balaban J connectivity index is 1.92. The second-order valence-corrected chi connectivity index (χ2v) is 5.61. The molecule has 0 spiro atoms. The fourth-order valence-corrected chi connectivity index (χ4v) is 2.98. The third-order valence-corrected chi connectivity index (χ3v) is 4.07. The molecule has 22 heavy (non-hydrogen) atoms. The number of hydrogen-bond donors (Lipinski definition) is 1. The van der Waals surface area contributed by atoms with E-state index in [2.05, 4.69) is 41.7 Å². The standard InChI is InChI=1S/C18H19N3S/c1-2-19-18(22)21-17(15-11-7-4-8-12-15)13-16(20-21)14-9-5-3-6-10-14/h3-12,17H,2,13H2,1H3,(H,19,22). The Hall–Kier alpha value is -2.20. The first-order chi connectivity index (χ1) is 10.8. The summed E-state index contributed by atoms with van der Waals surface area (Å²) in [5, 5.41) is 10.6. The van der Waals surface area contributed by atoms with Gasteiger partial charge in [0.2, 0.25) is 0 Å². The zero-order valence-electron chi connectivity index (χ0n) is 12.6. The average Bonchev–Trinajstić information content (AvgIpc) is 3.02. The average molecular weight is 309 g/mol. The van der Waals surface area contributed by atoms with Crippen LogP contribution in [0.4, 0.5) is 0 Å². The van der Waals surface area contributed by atoms with Gasteiger partial charge in [0.05, 0.1) is 11.8 Å². The van der Waals surface area contributed by atoms with Crippen LogP contribution in [-0.4, -0.2) is 22.4 Å². The molecule has 1 atom stereocenters. The lowest BCUT2D eigenvalue weighted by Gasteiger charge is -2.24. The van der Waals surface area contributed by atoms with Gasteiger partial charge in [-0.1, -0.05) is 60.7 Å². The van der Waals surface area contributed by atoms with Gasteiger partial charge in [0.25, 0.3) is 0 Å². The monoisotopic (exact) mass is 309 g/mol. The maximum atomic E-state index is 5.50. The van der Waals surface area contributed by atoms with Crippen molar-refractivity contribution in [3.8, 4) is 0 Å². The zero-order valence-corrected chi connectivity index (χ0v) is 13.4. The molecule has 1 unspecified atom stereocenters. The minimum atomic E-state index is 0.156. The van der Waals surface area contributed by atoms with E-state index in [1.807, 2.05) is 36.2 Å². The summed E-state index contributed by atoms with van der Waals surface area (Å²) < 4.78 is 0. The summed E-state index contributed by atoms with van der Waals surface area (Å²) in [4.78, 5) is 0. The predicted molar refractivity (Wildman–Crippen MR) is 94.9 cm³/mol. The molecule has 0 bridgehead atoms. The number of hydrazone groups is 1. The van der Waals surface area contributed by atoms with Gasteiger partial charge in [-0.15, -0.1) is 0 Å². The highest BCUT2D eigenvalue weighted by atomic mass is 32.1. The second kappa shape index (κ2) is 6.71. The maximum absolute atomic E-state index is 5.50. The van der Waals surface area contributed by atoms with Gasteiger partial charge >= 0.3 is 0 Å². The Morgan fingerprint density at radius 1 is 1.14 bits per heavy atom. The molecule has 112 valence electrons. The van der Waals surface area contributed by atoms with Crippen molar-refractivity contribution in [2.75, 3.05) is 6.54 Å². The first-order valence-corrected chi connectivity index (χ1v) is 7.95. The Morgan fingerprint density at radius 2 is 1.77 bits per heavy atom. The molecule has 0 radical (unpaired) electrons. The number of nitrogens with one attached hydrogen (secondary N) is 1. The van der Waals surface area contributed by atoms with Crippen molar-refractivity contribution in [1.82, 2.24) is 10.3 Å². The number of benzene rings is 2. The summed E-state index contributed by atoms with van der Waals surface area (Å²) in [6.07, 6.45) is 0.861. The molecule has 0 saturated carbocycles. The molecular weight excluding hydrogens is 290 g/mol. The highest BCUT2D eigenvalue weighted by Gasteiger charge is 2.30. The normalized spacial score (nSPS) is 17.2. The lowest BCUT2D eigenvalue weighted by atomic mass is 9.99. The summed E-state index contributed by atoms with van der Waals surface area (Å²) >= 11 is 5.50. The smallest absolute Gasteiger partial charge is 0.190 e. The quantitative estimate of drug-likeness (QED) is 0.876. The molecule has 3 nitrogen and oxygen atoms in total. The molecular formula is C18H19N3S. The van der Waals surface area contributed by atoms with Gasteiger partial charge in [0, 0.05) is 13.0 Å². The summed E-state index contributed by atoms with van der Waals surface area (Å²) in [6, 6.07) is 20.9. The van der Waals surface area contributed by atoms with E-state index in [1.165, 1.54) is 5.56 Å². The third kappa shape index (κ3) is 3.02. The van der Waals surface area contributed by atoms with E-state index >= 15 is 0 Å². The number of thiocarbonyl (C=S) groups is 1. The topological polar surface area (TPSA) is 27.6 Å². The summed E-state index contributed by atoms with van der Waals surface area (Å²) in [7, 11) is 0. The summed E-state index contributed by atoms with van der Waals surface area (Å²) in [6.45, 7) is 2.84. The number of rotatable bonds is 3. The molecule has 1 heterocycles. The first-order valence-electron chi connectivity index (χ1n) is 7.54. The Labute approximate surface area is 136 Å². The first kappa shape index (κ1) is 14.7. The molecule has 0 saturated heterocycles. The molecule has 0 aliphatic carbocycles. The van der Waals surface area contributed by atoms with Crippen LogP contribution in [-0.2, 0) is 0 Å². The van der Waals surface area contributed by atoms with Crippen molar-refractivity contribution in [2.45, 2.75) is 19.4 Å². The molecule has 1 aliphatic rings. The van der Waals surface area contributed by atoms with Crippen LogP contribution in [0.15, 0.2) is 65.8 Å². The fourth-order valence-electron chi connectivity index (χ4n) is 2.67. The van der Waals surface area contributed by atoms with Crippen molar-refractivity contribution < 1.29 is 0 Å². The van der Waals surface area contributed by atoms with E-state index < -0.39 is 0 Å². The van der Waals surface area contributed by atoms with Crippen molar-refractivity contribution in [3.05, 3.63) is 71.8 Å². The molecule has 1 N–H and O–H groups in total. The minimum absolute atomic E-state index is 0.156. The molecule has 1 aliphatic heterocycles. The van der Waals surface area contributed by atoms with E-state index in [9.17, 15) is 0 Å². The van der Waals surface area contributed by atoms with Crippen molar-refractivity contribution in [1.29, 1.82) is 0 Å². The maximum Gasteiger partial charge on any atom is 0.190 e.